The van der Waals surface area contributed by atoms with Crippen molar-refractivity contribution in [2.45, 2.75) is 19.9 Å². The number of benzene rings is 3. The summed E-state index contributed by atoms with van der Waals surface area (Å²) in [4.78, 5) is 13.0. The van der Waals surface area contributed by atoms with Crippen LogP contribution < -0.4 is 5.56 Å². The van der Waals surface area contributed by atoms with Crippen LogP contribution in [0.2, 0.25) is 0 Å². The number of aryl methyl sites for hydroxylation is 1. The van der Waals surface area contributed by atoms with E-state index < -0.39 is 0 Å². The van der Waals surface area contributed by atoms with E-state index in [0.29, 0.717) is 12.1 Å². The Bertz CT molecular complexity index is 1240. The summed E-state index contributed by atoms with van der Waals surface area (Å²) in [5.74, 6) is 0. The first-order valence-electron chi connectivity index (χ1n) is 9.41. The molecule has 0 saturated heterocycles. The van der Waals surface area contributed by atoms with Gasteiger partial charge in [0.1, 0.15) is 0 Å². The highest BCUT2D eigenvalue weighted by molar-refractivity contribution is 5.81. The fourth-order valence-corrected chi connectivity index (χ4v) is 3.62. The van der Waals surface area contributed by atoms with Gasteiger partial charge in [-0.3, -0.25) is 4.79 Å². The van der Waals surface area contributed by atoms with Gasteiger partial charge in [-0.25, -0.2) is 0 Å². The lowest BCUT2D eigenvalue weighted by molar-refractivity contribution is 0.715. The first-order valence-corrected chi connectivity index (χ1v) is 9.41. The summed E-state index contributed by atoms with van der Waals surface area (Å²) < 4.78 is 1.86. The molecule has 3 aromatic carbocycles. The molecule has 0 aliphatic carbocycles. The Balaban J connectivity index is 1.72. The number of pyridine rings is 1. The molecule has 0 saturated carbocycles. The Labute approximate surface area is 164 Å². The lowest BCUT2D eigenvalue weighted by Gasteiger charge is -2.14. The molecule has 0 fully saturated rings. The molecule has 0 unspecified atom stereocenters. The fraction of sp³-hybridized carbons (Fsp3) is 0.120. The largest absolute Gasteiger partial charge is 0.308 e. The van der Waals surface area contributed by atoms with Gasteiger partial charge in [-0.05, 0) is 46.7 Å². The molecule has 4 rings (SSSR count). The maximum atomic E-state index is 13.0. The number of nitrogens with zero attached hydrogens (tertiary/aromatic N) is 2. The molecule has 0 spiro atoms. The molecule has 4 aromatic rings. The monoisotopic (exact) mass is 364 g/mol. The Morgan fingerprint density at radius 3 is 2.39 bits per heavy atom. The molecular weight excluding hydrogens is 344 g/mol. The van der Waals surface area contributed by atoms with Crippen molar-refractivity contribution in [3.8, 4) is 17.2 Å². The standard InChI is InChI=1S/C25H20N2O/c1-2-22-15-20-7-3-6-10-24(20)25(28)27(22)17-18-11-13-19(14-12-18)23-9-5-4-8-21(23)16-26/h3-15H,2,17H2,1H3. The van der Waals surface area contributed by atoms with Crippen LogP contribution in [0.4, 0.5) is 0 Å². The van der Waals surface area contributed by atoms with E-state index in [1.54, 1.807) is 0 Å². The number of hydrogen-bond acceptors (Lipinski definition) is 2. The molecule has 3 heteroatoms. The highest BCUT2D eigenvalue weighted by Crippen LogP contribution is 2.24. The van der Waals surface area contributed by atoms with Gasteiger partial charge >= 0.3 is 0 Å². The lowest BCUT2D eigenvalue weighted by atomic mass is 9.99. The third-order valence-electron chi connectivity index (χ3n) is 5.12. The van der Waals surface area contributed by atoms with Crippen molar-refractivity contribution in [2.75, 3.05) is 0 Å². The van der Waals surface area contributed by atoms with Gasteiger partial charge < -0.3 is 4.57 Å². The second-order valence-electron chi connectivity index (χ2n) is 6.82. The predicted octanol–water partition coefficient (Wildman–Crippen LogP) is 5.15. The van der Waals surface area contributed by atoms with Gasteiger partial charge in [-0.15, -0.1) is 0 Å². The quantitative estimate of drug-likeness (QED) is 0.503. The van der Waals surface area contributed by atoms with Crippen LogP contribution >= 0.6 is 0 Å². The SMILES string of the molecule is CCc1cc2ccccc2c(=O)n1Cc1ccc(-c2ccccc2C#N)cc1. The van der Waals surface area contributed by atoms with Gasteiger partial charge in [0.15, 0.2) is 0 Å². The Kier molecular flexibility index (Phi) is 4.78. The second-order valence-corrected chi connectivity index (χ2v) is 6.82. The van der Waals surface area contributed by atoms with Crippen molar-refractivity contribution in [1.82, 2.24) is 4.57 Å². The number of rotatable bonds is 4. The van der Waals surface area contributed by atoms with Crippen LogP contribution in [0.5, 0.6) is 0 Å². The average molecular weight is 364 g/mol. The Morgan fingerprint density at radius 2 is 1.64 bits per heavy atom. The minimum atomic E-state index is 0.0499. The van der Waals surface area contributed by atoms with E-state index >= 15 is 0 Å². The van der Waals surface area contributed by atoms with E-state index in [1.807, 2.05) is 77.4 Å². The number of aromatic nitrogens is 1. The van der Waals surface area contributed by atoms with E-state index in [4.69, 9.17) is 0 Å². The Hall–Kier alpha value is -3.64. The van der Waals surface area contributed by atoms with Crippen LogP contribution in [0.15, 0.2) is 83.7 Å². The highest BCUT2D eigenvalue weighted by atomic mass is 16.1. The van der Waals surface area contributed by atoms with E-state index in [9.17, 15) is 10.1 Å². The first kappa shape index (κ1) is 17.8. The molecule has 0 aliphatic rings. The van der Waals surface area contributed by atoms with Crippen molar-refractivity contribution in [3.63, 3.8) is 0 Å². The molecule has 0 bridgehead atoms. The van der Waals surface area contributed by atoms with Crippen molar-refractivity contribution >= 4 is 10.8 Å². The summed E-state index contributed by atoms with van der Waals surface area (Å²) >= 11 is 0. The maximum absolute atomic E-state index is 13.0. The number of nitriles is 1. The van der Waals surface area contributed by atoms with E-state index in [-0.39, 0.29) is 5.56 Å². The van der Waals surface area contributed by atoms with Gasteiger partial charge in [0, 0.05) is 11.1 Å². The summed E-state index contributed by atoms with van der Waals surface area (Å²) in [5.41, 5.74) is 4.73. The zero-order valence-corrected chi connectivity index (χ0v) is 15.7. The summed E-state index contributed by atoms with van der Waals surface area (Å²) in [6, 6.07) is 27.8. The van der Waals surface area contributed by atoms with Gasteiger partial charge in [0.25, 0.3) is 5.56 Å². The third-order valence-corrected chi connectivity index (χ3v) is 5.12. The van der Waals surface area contributed by atoms with Crippen molar-refractivity contribution < 1.29 is 0 Å². The molecule has 0 atom stereocenters. The fourth-order valence-electron chi connectivity index (χ4n) is 3.62. The van der Waals surface area contributed by atoms with E-state index in [2.05, 4.69) is 19.1 Å². The zero-order chi connectivity index (χ0) is 19.5. The molecular formula is C25H20N2O. The maximum Gasteiger partial charge on any atom is 0.258 e. The minimum absolute atomic E-state index is 0.0499. The first-order chi connectivity index (χ1) is 13.7. The van der Waals surface area contributed by atoms with Crippen LogP contribution in [0.3, 0.4) is 0 Å². The summed E-state index contributed by atoms with van der Waals surface area (Å²) in [6.45, 7) is 2.61. The molecule has 3 nitrogen and oxygen atoms in total. The molecule has 0 aliphatic heterocycles. The predicted molar refractivity (Wildman–Crippen MR) is 113 cm³/mol. The molecule has 0 amide bonds. The minimum Gasteiger partial charge on any atom is -0.308 e. The molecule has 28 heavy (non-hydrogen) atoms. The zero-order valence-electron chi connectivity index (χ0n) is 15.7. The van der Waals surface area contributed by atoms with Gasteiger partial charge in [-0.2, -0.15) is 5.26 Å². The second kappa shape index (κ2) is 7.54. The van der Waals surface area contributed by atoms with E-state index in [0.717, 1.165) is 39.6 Å². The van der Waals surface area contributed by atoms with Crippen LogP contribution in [-0.4, -0.2) is 4.57 Å². The van der Waals surface area contributed by atoms with Crippen LogP contribution in [0.25, 0.3) is 21.9 Å². The van der Waals surface area contributed by atoms with E-state index in [1.165, 1.54) is 0 Å². The van der Waals surface area contributed by atoms with Crippen molar-refractivity contribution in [1.29, 1.82) is 5.26 Å². The van der Waals surface area contributed by atoms with Crippen LogP contribution in [0.1, 0.15) is 23.7 Å². The highest BCUT2D eigenvalue weighted by Gasteiger charge is 2.09. The van der Waals surface area contributed by atoms with Crippen LogP contribution in [0, 0.1) is 11.3 Å². The third kappa shape index (κ3) is 3.21. The van der Waals surface area contributed by atoms with Gasteiger partial charge in [0.05, 0.1) is 18.2 Å². The summed E-state index contributed by atoms with van der Waals surface area (Å²) in [6.07, 6.45) is 0.799. The molecule has 1 aromatic heterocycles. The summed E-state index contributed by atoms with van der Waals surface area (Å²) in [5, 5.41) is 11.1. The Morgan fingerprint density at radius 1 is 0.929 bits per heavy atom. The molecule has 0 radical (unpaired) electrons. The van der Waals surface area contributed by atoms with Gasteiger partial charge in [-0.1, -0.05) is 67.6 Å². The molecule has 0 N–H and O–H groups in total. The smallest absolute Gasteiger partial charge is 0.258 e. The van der Waals surface area contributed by atoms with Crippen LogP contribution in [-0.2, 0) is 13.0 Å². The number of hydrogen-bond donors (Lipinski definition) is 0. The molecule has 1 heterocycles. The lowest BCUT2D eigenvalue weighted by Crippen LogP contribution is -2.24. The van der Waals surface area contributed by atoms with Gasteiger partial charge in [0.2, 0.25) is 0 Å². The normalized spacial score (nSPS) is 10.7. The topological polar surface area (TPSA) is 45.8 Å². The number of fused-ring (bicyclic) bond motifs is 1. The van der Waals surface area contributed by atoms with Crippen molar-refractivity contribution in [3.05, 3.63) is 106 Å². The van der Waals surface area contributed by atoms with Crippen molar-refractivity contribution in [2.24, 2.45) is 0 Å². The summed E-state index contributed by atoms with van der Waals surface area (Å²) in [7, 11) is 0. The molecule has 136 valence electrons. The average Bonchev–Trinajstić information content (AvgIpc) is 2.76.